The van der Waals surface area contributed by atoms with Crippen molar-refractivity contribution in [2.75, 3.05) is 19.6 Å². The van der Waals surface area contributed by atoms with Gasteiger partial charge in [0.25, 0.3) is 0 Å². The highest BCUT2D eigenvalue weighted by molar-refractivity contribution is 4.61. The molecule has 0 aromatic carbocycles. The zero-order valence-corrected chi connectivity index (χ0v) is 19.3. The quantitative estimate of drug-likeness (QED) is 0.195. The Kier molecular flexibility index (Phi) is 19.7. The first-order valence-electron chi connectivity index (χ1n) is 12.3. The van der Waals surface area contributed by atoms with Crippen LogP contribution in [0.4, 0.5) is 0 Å². The summed E-state index contributed by atoms with van der Waals surface area (Å²) in [6.45, 7) is 15.7. The summed E-state index contributed by atoms with van der Waals surface area (Å²) in [5.41, 5.74) is 0. The van der Waals surface area contributed by atoms with Crippen molar-refractivity contribution in [3.63, 3.8) is 0 Å². The molecular weight excluding hydrogens is 314 g/mol. The van der Waals surface area contributed by atoms with Crippen LogP contribution in [0.1, 0.15) is 131 Å². The van der Waals surface area contributed by atoms with Crippen LogP contribution in [0.15, 0.2) is 0 Å². The van der Waals surface area contributed by atoms with Crippen LogP contribution < -0.4 is 0 Å². The molecule has 26 heavy (non-hydrogen) atoms. The summed E-state index contributed by atoms with van der Waals surface area (Å²) in [6.07, 6.45) is 21.4. The van der Waals surface area contributed by atoms with E-state index < -0.39 is 0 Å². The summed E-state index contributed by atoms with van der Waals surface area (Å²) in [4.78, 5) is 2.78. The zero-order chi connectivity index (χ0) is 19.5. The summed E-state index contributed by atoms with van der Waals surface area (Å²) in [7, 11) is 0. The van der Waals surface area contributed by atoms with Gasteiger partial charge in [0, 0.05) is 0 Å². The number of rotatable bonds is 20. The van der Waals surface area contributed by atoms with Crippen LogP contribution in [-0.2, 0) is 0 Å². The number of nitrogens with zero attached hydrogens (tertiary/aromatic N) is 1. The number of hydrogen-bond acceptors (Lipinski definition) is 1. The van der Waals surface area contributed by atoms with Crippen molar-refractivity contribution in [2.45, 2.75) is 131 Å². The molecule has 0 saturated heterocycles. The van der Waals surface area contributed by atoms with Gasteiger partial charge < -0.3 is 4.90 Å². The van der Waals surface area contributed by atoms with E-state index in [2.05, 4.69) is 39.5 Å². The number of hydrogen-bond donors (Lipinski definition) is 0. The molecule has 0 aliphatic heterocycles. The molecule has 0 aliphatic rings. The van der Waals surface area contributed by atoms with Gasteiger partial charge in [0.05, 0.1) is 0 Å². The summed E-state index contributed by atoms with van der Waals surface area (Å²) in [6, 6.07) is 0. The fraction of sp³-hybridized carbons (Fsp3) is 1.00. The molecule has 0 aliphatic carbocycles. The minimum Gasteiger partial charge on any atom is -0.303 e. The Hall–Kier alpha value is -0.0400. The Morgan fingerprint density at radius 1 is 0.462 bits per heavy atom. The van der Waals surface area contributed by atoms with Crippen molar-refractivity contribution in [2.24, 2.45) is 11.8 Å². The van der Waals surface area contributed by atoms with Gasteiger partial charge in [-0.1, -0.05) is 112 Å². The fourth-order valence-corrected chi connectivity index (χ4v) is 3.76. The first-order chi connectivity index (χ1) is 12.6. The van der Waals surface area contributed by atoms with Crippen LogP contribution in [0.2, 0.25) is 0 Å². The van der Waals surface area contributed by atoms with E-state index in [1.165, 1.54) is 116 Å². The average molecular weight is 368 g/mol. The van der Waals surface area contributed by atoms with E-state index in [-0.39, 0.29) is 0 Å². The van der Waals surface area contributed by atoms with E-state index in [1.54, 1.807) is 0 Å². The van der Waals surface area contributed by atoms with Gasteiger partial charge in [-0.25, -0.2) is 0 Å². The van der Waals surface area contributed by atoms with E-state index in [9.17, 15) is 0 Å². The van der Waals surface area contributed by atoms with E-state index in [1.807, 2.05) is 0 Å². The molecule has 0 amide bonds. The van der Waals surface area contributed by atoms with Gasteiger partial charge in [-0.2, -0.15) is 0 Å². The van der Waals surface area contributed by atoms with Gasteiger partial charge in [0.1, 0.15) is 0 Å². The lowest BCUT2D eigenvalue weighted by atomic mass is 10.0. The number of unbranched alkanes of at least 4 members (excludes halogenated alkanes) is 10. The lowest BCUT2D eigenvalue weighted by molar-refractivity contribution is 0.251. The molecule has 0 unspecified atom stereocenters. The first kappa shape index (κ1) is 26.0. The molecule has 1 heteroatoms. The molecule has 0 spiro atoms. The lowest BCUT2D eigenvalue weighted by Gasteiger charge is -2.23. The second-order valence-electron chi connectivity index (χ2n) is 9.45. The second-order valence-corrected chi connectivity index (χ2v) is 9.45. The molecule has 0 saturated carbocycles. The largest absolute Gasteiger partial charge is 0.303 e. The molecule has 0 atom stereocenters. The van der Waals surface area contributed by atoms with Crippen molar-refractivity contribution in [3.8, 4) is 0 Å². The first-order valence-corrected chi connectivity index (χ1v) is 12.3. The molecule has 0 radical (unpaired) electrons. The Balaban J connectivity index is 3.77. The van der Waals surface area contributed by atoms with E-state index in [4.69, 9.17) is 0 Å². The Morgan fingerprint density at radius 3 is 1.19 bits per heavy atom. The van der Waals surface area contributed by atoms with Crippen molar-refractivity contribution in [1.29, 1.82) is 0 Å². The molecule has 0 N–H and O–H groups in total. The smallest absolute Gasteiger partial charge is 0.00187 e. The highest BCUT2D eigenvalue weighted by atomic mass is 15.1. The minimum atomic E-state index is 0.867. The maximum atomic E-state index is 2.78. The Bertz CT molecular complexity index is 243. The minimum absolute atomic E-state index is 0.867. The van der Waals surface area contributed by atoms with Gasteiger partial charge in [0.15, 0.2) is 0 Å². The highest BCUT2D eigenvalue weighted by Gasteiger charge is 2.06. The third-order valence-corrected chi connectivity index (χ3v) is 5.59. The fourth-order valence-electron chi connectivity index (χ4n) is 3.76. The summed E-state index contributed by atoms with van der Waals surface area (Å²) < 4.78 is 0. The standard InChI is InChI=1S/C25H53N/c1-6-7-8-9-10-11-12-13-16-21-26(22-17-14-19-24(2)3)23-18-15-20-25(4)5/h24-25H,6-23H2,1-5H3. The molecule has 158 valence electrons. The van der Waals surface area contributed by atoms with Crippen LogP contribution in [0, 0.1) is 11.8 Å². The van der Waals surface area contributed by atoms with E-state index in [0.29, 0.717) is 0 Å². The second kappa shape index (κ2) is 19.7. The van der Waals surface area contributed by atoms with Gasteiger partial charge in [-0.05, 0) is 50.7 Å². The van der Waals surface area contributed by atoms with E-state index >= 15 is 0 Å². The van der Waals surface area contributed by atoms with E-state index in [0.717, 1.165) is 11.8 Å². The molecule has 0 aromatic rings. The molecule has 0 rings (SSSR count). The monoisotopic (exact) mass is 367 g/mol. The summed E-state index contributed by atoms with van der Waals surface area (Å²) >= 11 is 0. The van der Waals surface area contributed by atoms with Crippen LogP contribution in [0.25, 0.3) is 0 Å². The molecule has 0 heterocycles. The van der Waals surface area contributed by atoms with Crippen molar-refractivity contribution in [1.82, 2.24) is 4.90 Å². The molecule has 1 nitrogen and oxygen atoms in total. The highest BCUT2D eigenvalue weighted by Crippen LogP contribution is 2.13. The summed E-state index contributed by atoms with van der Waals surface area (Å²) in [5, 5.41) is 0. The van der Waals surface area contributed by atoms with Crippen molar-refractivity contribution in [3.05, 3.63) is 0 Å². The van der Waals surface area contributed by atoms with Crippen molar-refractivity contribution < 1.29 is 0 Å². The van der Waals surface area contributed by atoms with Gasteiger partial charge in [0.2, 0.25) is 0 Å². The predicted molar refractivity (Wildman–Crippen MR) is 121 cm³/mol. The average Bonchev–Trinajstić information content (AvgIpc) is 2.59. The maximum Gasteiger partial charge on any atom is -0.00187 e. The van der Waals surface area contributed by atoms with Crippen molar-refractivity contribution >= 4 is 0 Å². The van der Waals surface area contributed by atoms with Gasteiger partial charge in [-0.3, -0.25) is 0 Å². The Morgan fingerprint density at radius 2 is 0.808 bits per heavy atom. The van der Waals surface area contributed by atoms with Crippen LogP contribution in [0.3, 0.4) is 0 Å². The zero-order valence-electron chi connectivity index (χ0n) is 19.3. The maximum absolute atomic E-state index is 2.78. The SMILES string of the molecule is CCCCCCCCCCCN(CCCCC(C)C)CCCCC(C)C. The third-order valence-electron chi connectivity index (χ3n) is 5.59. The third kappa shape index (κ3) is 20.3. The van der Waals surface area contributed by atoms with Gasteiger partial charge >= 0.3 is 0 Å². The predicted octanol–water partition coefficient (Wildman–Crippen LogP) is 8.47. The van der Waals surface area contributed by atoms with Crippen LogP contribution in [0.5, 0.6) is 0 Å². The molecule has 0 aromatic heterocycles. The van der Waals surface area contributed by atoms with Crippen LogP contribution >= 0.6 is 0 Å². The van der Waals surface area contributed by atoms with Gasteiger partial charge in [-0.15, -0.1) is 0 Å². The Labute approximate surface area is 167 Å². The summed E-state index contributed by atoms with van der Waals surface area (Å²) in [5.74, 6) is 1.73. The molecule has 0 bridgehead atoms. The molecular formula is C25H53N. The topological polar surface area (TPSA) is 3.24 Å². The van der Waals surface area contributed by atoms with Crippen LogP contribution in [-0.4, -0.2) is 24.5 Å². The lowest BCUT2D eigenvalue weighted by Crippen LogP contribution is -2.27. The molecule has 0 fully saturated rings. The normalized spacial score (nSPS) is 12.0.